The summed E-state index contributed by atoms with van der Waals surface area (Å²) in [5.41, 5.74) is 1.17. The molecular weight excluding hydrogens is 304 g/mol. The number of nitrogens with zero attached hydrogens (tertiary/aromatic N) is 1. The highest BCUT2D eigenvalue weighted by Crippen LogP contribution is 2.23. The number of ether oxygens (including phenoxy) is 1. The van der Waals surface area contributed by atoms with Crippen molar-refractivity contribution >= 4 is 5.97 Å². The van der Waals surface area contributed by atoms with Gasteiger partial charge in [0.05, 0.1) is 12.3 Å². The van der Waals surface area contributed by atoms with Gasteiger partial charge >= 0.3 is 5.97 Å². The van der Waals surface area contributed by atoms with Gasteiger partial charge in [-0.15, -0.1) is 0 Å². The van der Waals surface area contributed by atoms with Gasteiger partial charge in [-0.05, 0) is 6.92 Å². The number of H-pyrrole nitrogens is 1. The summed E-state index contributed by atoms with van der Waals surface area (Å²) in [5, 5.41) is 0. The van der Waals surface area contributed by atoms with Crippen molar-refractivity contribution < 1.29 is 9.53 Å². The lowest BCUT2D eigenvalue weighted by Gasteiger charge is -2.10. The zero-order valence-electron chi connectivity index (χ0n) is 13.2. The predicted molar refractivity (Wildman–Crippen MR) is 91.7 cm³/mol. The van der Waals surface area contributed by atoms with Crippen molar-refractivity contribution in [2.75, 3.05) is 6.61 Å². The second kappa shape index (κ2) is 6.91. The summed E-state index contributed by atoms with van der Waals surface area (Å²) < 4.78 is 5.02. The molecule has 1 heterocycles. The summed E-state index contributed by atoms with van der Waals surface area (Å²) in [5.74, 6) is -0.266. The molecule has 0 radical (unpaired) electrons. The van der Waals surface area contributed by atoms with Crippen molar-refractivity contribution in [2.24, 2.45) is 0 Å². The van der Waals surface area contributed by atoms with E-state index in [1.165, 1.54) is 0 Å². The molecule has 1 aromatic heterocycles. The van der Waals surface area contributed by atoms with Crippen LogP contribution in [0.1, 0.15) is 17.3 Å². The lowest BCUT2D eigenvalue weighted by molar-refractivity contribution is 0.0525. The number of esters is 1. The molecule has 2 aromatic carbocycles. The predicted octanol–water partition coefficient (Wildman–Crippen LogP) is 3.28. The maximum Gasteiger partial charge on any atom is 0.346 e. The maximum atomic E-state index is 12.5. The third-order valence-corrected chi connectivity index (χ3v) is 3.49. The van der Waals surface area contributed by atoms with Gasteiger partial charge in [-0.1, -0.05) is 60.7 Å². The van der Waals surface area contributed by atoms with E-state index in [-0.39, 0.29) is 12.2 Å². The number of benzene rings is 2. The summed E-state index contributed by atoms with van der Waals surface area (Å²) in [6.07, 6.45) is 0. The van der Waals surface area contributed by atoms with E-state index in [2.05, 4.69) is 9.97 Å². The average Bonchev–Trinajstić information content (AvgIpc) is 2.62. The van der Waals surface area contributed by atoms with Crippen molar-refractivity contribution in [3.05, 3.63) is 76.6 Å². The van der Waals surface area contributed by atoms with Crippen LogP contribution in [0.15, 0.2) is 65.5 Å². The minimum Gasteiger partial charge on any atom is -0.462 e. The van der Waals surface area contributed by atoms with E-state index < -0.39 is 11.5 Å². The Kier molecular flexibility index (Phi) is 4.52. The molecule has 0 bridgehead atoms. The van der Waals surface area contributed by atoms with Crippen molar-refractivity contribution in [2.45, 2.75) is 6.92 Å². The molecule has 0 aliphatic heterocycles. The van der Waals surface area contributed by atoms with Crippen molar-refractivity contribution in [1.29, 1.82) is 0 Å². The van der Waals surface area contributed by atoms with E-state index in [9.17, 15) is 9.59 Å². The topological polar surface area (TPSA) is 72.0 Å². The molecular formula is C19H16N2O3. The van der Waals surface area contributed by atoms with Crippen molar-refractivity contribution in [1.82, 2.24) is 9.97 Å². The van der Waals surface area contributed by atoms with Crippen LogP contribution in [-0.4, -0.2) is 22.5 Å². The zero-order chi connectivity index (χ0) is 16.9. The summed E-state index contributed by atoms with van der Waals surface area (Å²) in [7, 11) is 0. The quantitative estimate of drug-likeness (QED) is 0.749. The van der Waals surface area contributed by atoms with E-state index in [4.69, 9.17) is 4.74 Å². The smallest absolute Gasteiger partial charge is 0.346 e. The van der Waals surface area contributed by atoms with Crippen LogP contribution in [0, 0.1) is 0 Å². The van der Waals surface area contributed by atoms with Gasteiger partial charge in [0, 0.05) is 11.1 Å². The first-order chi connectivity index (χ1) is 11.7. The van der Waals surface area contributed by atoms with Crippen LogP contribution in [-0.2, 0) is 4.74 Å². The number of carbonyl (C=O) groups is 1. The van der Waals surface area contributed by atoms with Crippen LogP contribution in [0.2, 0.25) is 0 Å². The molecule has 3 aromatic rings. The van der Waals surface area contributed by atoms with Crippen molar-refractivity contribution in [3.63, 3.8) is 0 Å². The van der Waals surface area contributed by atoms with Gasteiger partial charge in [-0.3, -0.25) is 4.79 Å². The maximum absolute atomic E-state index is 12.5. The van der Waals surface area contributed by atoms with E-state index in [1.54, 1.807) is 19.1 Å². The zero-order valence-corrected chi connectivity index (χ0v) is 13.2. The standard InChI is InChI=1S/C19H16N2O3/c1-2-24-19(23)15-16(13-9-5-3-6-10-13)20-17(21-18(15)22)14-11-7-4-8-12-14/h3-12H,2H2,1H3,(H,20,21,22). The molecule has 5 nitrogen and oxygen atoms in total. The number of hydrogen-bond acceptors (Lipinski definition) is 4. The van der Waals surface area contributed by atoms with Crippen LogP contribution in [0.5, 0.6) is 0 Å². The summed E-state index contributed by atoms with van der Waals surface area (Å²) in [4.78, 5) is 31.9. The Morgan fingerprint density at radius 2 is 1.58 bits per heavy atom. The molecule has 1 N–H and O–H groups in total. The van der Waals surface area contributed by atoms with Gasteiger partial charge in [0.2, 0.25) is 0 Å². The lowest BCUT2D eigenvalue weighted by atomic mass is 10.1. The number of aromatic nitrogens is 2. The van der Waals surface area contributed by atoms with E-state index in [0.717, 1.165) is 5.56 Å². The highest BCUT2D eigenvalue weighted by molar-refractivity contribution is 5.96. The Bertz CT molecular complexity index is 903. The van der Waals surface area contributed by atoms with Gasteiger partial charge in [-0.2, -0.15) is 0 Å². The fourth-order valence-electron chi connectivity index (χ4n) is 2.40. The Hall–Kier alpha value is -3.21. The first-order valence-corrected chi connectivity index (χ1v) is 7.63. The Morgan fingerprint density at radius 3 is 2.17 bits per heavy atom. The van der Waals surface area contributed by atoms with Gasteiger partial charge in [-0.25, -0.2) is 9.78 Å². The second-order valence-electron chi connectivity index (χ2n) is 5.09. The largest absolute Gasteiger partial charge is 0.462 e. The second-order valence-corrected chi connectivity index (χ2v) is 5.09. The fraction of sp³-hybridized carbons (Fsp3) is 0.105. The van der Waals surface area contributed by atoms with Crippen LogP contribution in [0.3, 0.4) is 0 Å². The average molecular weight is 320 g/mol. The summed E-state index contributed by atoms with van der Waals surface area (Å²) in [6.45, 7) is 1.88. The molecule has 0 fully saturated rings. The molecule has 0 atom stereocenters. The van der Waals surface area contributed by atoms with Crippen LogP contribution in [0.4, 0.5) is 0 Å². The highest BCUT2D eigenvalue weighted by Gasteiger charge is 2.21. The van der Waals surface area contributed by atoms with Gasteiger partial charge in [0.15, 0.2) is 5.56 Å². The molecule has 5 heteroatoms. The molecule has 0 aliphatic rings. The van der Waals surface area contributed by atoms with Gasteiger partial charge in [0.1, 0.15) is 5.82 Å². The number of hydrogen-bond donors (Lipinski definition) is 1. The molecule has 3 rings (SSSR count). The molecule has 0 saturated carbocycles. The lowest BCUT2D eigenvalue weighted by Crippen LogP contribution is -2.23. The highest BCUT2D eigenvalue weighted by atomic mass is 16.5. The molecule has 0 spiro atoms. The van der Waals surface area contributed by atoms with E-state index in [0.29, 0.717) is 17.1 Å². The molecule has 0 saturated heterocycles. The van der Waals surface area contributed by atoms with Gasteiger partial charge in [0.25, 0.3) is 5.56 Å². The fourth-order valence-corrected chi connectivity index (χ4v) is 2.40. The molecule has 0 aliphatic carbocycles. The molecule has 24 heavy (non-hydrogen) atoms. The Labute approximate surface area is 139 Å². The number of carbonyl (C=O) groups excluding carboxylic acids is 1. The van der Waals surface area contributed by atoms with Crippen molar-refractivity contribution in [3.8, 4) is 22.6 Å². The summed E-state index contributed by atoms with van der Waals surface area (Å²) in [6, 6.07) is 18.4. The Balaban J connectivity index is 2.24. The first-order valence-electron chi connectivity index (χ1n) is 7.63. The third kappa shape index (κ3) is 3.10. The van der Waals surface area contributed by atoms with E-state index >= 15 is 0 Å². The summed E-state index contributed by atoms with van der Waals surface area (Å²) >= 11 is 0. The number of nitrogens with one attached hydrogen (secondary N) is 1. The third-order valence-electron chi connectivity index (χ3n) is 3.49. The van der Waals surface area contributed by atoms with Crippen LogP contribution >= 0.6 is 0 Å². The minimum atomic E-state index is -0.676. The normalized spacial score (nSPS) is 10.4. The number of aromatic amines is 1. The molecule has 0 unspecified atom stereocenters. The van der Waals surface area contributed by atoms with Crippen LogP contribution < -0.4 is 5.56 Å². The SMILES string of the molecule is CCOC(=O)c1c(-c2ccccc2)nc(-c2ccccc2)[nH]c1=O. The molecule has 0 amide bonds. The minimum absolute atomic E-state index is 0.0808. The monoisotopic (exact) mass is 320 g/mol. The van der Waals surface area contributed by atoms with Crippen LogP contribution in [0.25, 0.3) is 22.6 Å². The number of rotatable bonds is 4. The first kappa shape index (κ1) is 15.7. The van der Waals surface area contributed by atoms with E-state index in [1.807, 2.05) is 48.5 Å². The van der Waals surface area contributed by atoms with Gasteiger partial charge < -0.3 is 9.72 Å². The molecule has 120 valence electrons. The Morgan fingerprint density at radius 1 is 1.00 bits per heavy atom.